The Kier molecular flexibility index (Phi) is 3.29. The van der Waals surface area contributed by atoms with Crippen LogP contribution in [0.5, 0.6) is 5.75 Å². The van der Waals surface area contributed by atoms with Crippen molar-refractivity contribution in [2.24, 2.45) is 5.92 Å². The molecule has 148 valence electrons. The molecule has 3 aliphatic rings. The molecule has 1 aliphatic carbocycles. The summed E-state index contributed by atoms with van der Waals surface area (Å²) in [6.45, 7) is 3.05. The normalized spacial score (nSPS) is 27.8. The number of amides is 1. The number of carbonyl (C=O) groups is 1. The van der Waals surface area contributed by atoms with Crippen LogP contribution in [-0.4, -0.2) is 39.7 Å². The van der Waals surface area contributed by atoms with Gasteiger partial charge >= 0.3 is 0 Å². The highest BCUT2D eigenvalue weighted by atomic mass is 19.1. The summed E-state index contributed by atoms with van der Waals surface area (Å²) in [7, 11) is 0. The SMILES string of the molecule is C[C@@H]1CNC(=O)c2cnn3ccc(nc23)N2CC[C@H]3C[C@]32c2cc(F)ccc2O1. The fraction of sp³-hybridized carbons (Fsp3) is 0.381. The minimum atomic E-state index is -0.311. The molecule has 1 saturated heterocycles. The minimum absolute atomic E-state index is 0.237. The molecule has 2 aliphatic heterocycles. The van der Waals surface area contributed by atoms with Crippen molar-refractivity contribution in [3.63, 3.8) is 0 Å². The van der Waals surface area contributed by atoms with Crippen LogP contribution in [0.2, 0.25) is 0 Å². The van der Waals surface area contributed by atoms with E-state index in [1.165, 1.54) is 12.3 Å². The summed E-state index contributed by atoms with van der Waals surface area (Å²) in [6, 6.07) is 6.64. The van der Waals surface area contributed by atoms with Crippen LogP contribution in [0.1, 0.15) is 35.7 Å². The quantitative estimate of drug-likeness (QED) is 0.636. The van der Waals surface area contributed by atoms with Gasteiger partial charge in [-0.2, -0.15) is 5.10 Å². The molecule has 6 rings (SSSR count). The van der Waals surface area contributed by atoms with Crippen LogP contribution < -0.4 is 15.0 Å². The van der Waals surface area contributed by atoms with Crippen molar-refractivity contribution in [1.29, 1.82) is 0 Å². The van der Waals surface area contributed by atoms with Crippen molar-refractivity contribution in [1.82, 2.24) is 19.9 Å². The van der Waals surface area contributed by atoms with E-state index in [2.05, 4.69) is 15.3 Å². The van der Waals surface area contributed by atoms with Crippen molar-refractivity contribution in [3.05, 3.63) is 53.6 Å². The van der Waals surface area contributed by atoms with Gasteiger partial charge in [0.2, 0.25) is 0 Å². The van der Waals surface area contributed by atoms with Crippen LogP contribution in [0.15, 0.2) is 36.7 Å². The van der Waals surface area contributed by atoms with E-state index in [1.807, 2.05) is 19.2 Å². The Balaban J connectivity index is 1.58. The van der Waals surface area contributed by atoms with Gasteiger partial charge < -0.3 is 15.0 Å². The predicted molar refractivity (Wildman–Crippen MR) is 104 cm³/mol. The van der Waals surface area contributed by atoms with E-state index in [0.717, 1.165) is 30.8 Å². The molecular formula is C21H20FN5O2. The van der Waals surface area contributed by atoms with Gasteiger partial charge in [-0.25, -0.2) is 13.9 Å². The lowest BCUT2D eigenvalue weighted by Gasteiger charge is -2.31. The molecule has 8 heteroatoms. The maximum atomic E-state index is 14.3. The van der Waals surface area contributed by atoms with Crippen LogP contribution in [0, 0.1) is 11.7 Å². The van der Waals surface area contributed by atoms with Crippen molar-refractivity contribution in [3.8, 4) is 5.75 Å². The Morgan fingerprint density at radius 3 is 3.10 bits per heavy atom. The first-order chi connectivity index (χ1) is 14.1. The van der Waals surface area contributed by atoms with Gasteiger partial charge in [0.1, 0.15) is 29.1 Å². The summed E-state index contributed by atoms with van der Waals surface area (Å²) >= 11 is 0. The number of aromatic nitrogens is 3. The lowest BCUT2D eigenvalue weighted by Crippen LogP contribution is -2.35. The Bertz CT molecular complexity index is 1160. The summed E-state index contributed by atoms with van der Waals surface area (Å²) in [6.07, 6.45) is 5.05. The van der Waals surface area contributed by atoms with E-state index < -0.39 is 0 Å². The third-order valence-electron chi connectivity index (χ3n) is 6.42. The zero-order valence-electron chi connectivity index (χ0n) is 15.9. The van der Waals surface area contributed by atoms with Gasteiger partial charge in [0.05, 0.1) is 18.3 Å². The first kappa shape index (κ1) is 16.8. The smallest absolute Gasteiger partial charge is 0.256 e. The average Bonchev–Trinajstić information content (AvgIpc) is 3.10. The molecule has 3 aromatic rings. The summed E-state index contributed by atoms with van der Waals surface area (Å²) < 4.78 is 22.1. The molecule has 1 aromatic carbocycles. The average molecular weight is 393 g/mol. The van der Waals surface area contributed by atoms with Gasteiger partial charge in [-0.05, 0) is 49.9 Å². The van der Waals surface area contributed by atoms with E-state index in [1.54, 1.807) is 16.6 Å². The molecular weight excluding hydrogens is 373 g/mol. The second-order valence-electron chi connectivity index (χ2n) is 8.16. The number of halogens is 1. The van der Waals surface area contributed by atoms with Crippen molar-refractivity contribution in [2.75, 3.05) is 18.0 Å². The van der Waals surface area contributed by atoms with Gasteiger partial charge in [0, 0.05) is 18.3 Å². The molecule has 1 amide bonds. The zero-order valence-corrected chi connectivity index (χ0v) is 15.9. The van der Waals surface area contributed by atoms with Crippen LogP contribution in [0.3, 0.4) is 0 Å². The number of benzene rings is 1. The zero-order chi connectivity index (χ0) is 19.8. The number of carbonyl (C=O) groups excluding carboxylic acids is 1. The van der Waals surface area contributed by atoms with E-state index in [9.17, 15) is 9.18 Å². The number of fused-ring (bicyclic) bond motifs is 3. The molecule has 1 saturated carbocycles. The highest BCUT2D eigenvalue weighted by molar-refractivity contribution is 5.99. The number of hydrogen-bond donors (Lipinski definition) is 1. The standard InChI is InChI=1S/C21H20FN5O2/c1-12-10-23-20(28)15-11-24-27-7-5-18(25-19(15)27)26-6-4-13-9-21(13,26)16-8-14(22)2-3-17(16)29-12/h2-3,5,7-8,11-13H,4,6,9-10H2,1H3,(H,23,28)/t12-,13+,21-/m1/s1. The lowest BCUT2D eigenvalue weighted by molar-refractivity contribution is 0.0933. The number of nitrogens with one attached hydrogen (secondary N) is 1. The Morgan fingerprint density at radius 1 is 1.34 bits per heavy atom. The molecule has 29 heavy (non-hydrogen) atoms. The van der Waals surface area contributed by atoms with E-state index in [4.69, 9.17) is 9.72 Å². The molecule has 1 N–H and O–H groups in total. The predicted octanol–water partition coefficient (Wildman–Crippen LogP) is 2.50. The Hall–Kier alpha value is -3.16. The van der Waals surface area contributed by atoms with Crippen molar-refractivity contribution in [2.45, 2.75) is 31.4 Å². The van der Waals surface area contributed by atoms with Gasteiger partial charge in [-0.1, -0.05) is 0 Å². The maximum Gasteiger partial charge on any atom is 0.256 e. The molecule has 2 aromatic heterocycles. The monoisotopic (exact) mass is 393 g/mol. The van der Waals surface area contributed by atoms with E-state index >= 15 is 0 Å². The minimum Gasteiger partial charge on any atom is -0.489 e. The van der Waals surface area contributed by atoms with Crippen LogP contribution in [-0.2, 0) is 5.54 Å². The molecule has 4 heterocycles. The fourth-order valence-corrected chi connectivity index (χ4v) is 4.97. The van der Waals surface area contributed by atoms with E-state index in [0.29, 0.717) is 29.4 Å². The van der Waals surface area contributed by atoms with Gasteiger partial charge in [0.25, 0.3) is 5.91 Å². The van der Waals surface area contributed by atoms with Crippen LogP contribution >= 0.6 is 0 Å². The Morgan fingerprint density at radius 2 is 2.24 bits per heavy atom. The van der Waals surface area contributed by atoms with Crippen molar-refractivity contribution >= 4 is 17.4 Å². The second kappa shape index (κ2) is 5.68. The van der Waals surface area contributed by atoms with Crippen LogP contribution in [0.4, 0.5) is 10.2 Å². The molecule has 1 spiro atoms. The molecule has 0 unspecified atom stereocenters. The first-order valence-corrected chi connectivity index (χ1v) is 9.93. The number of piperidine rings is 1. The summed E-state index contributed by atoms with van der Waals surface area (Å²) in [5.41, 5.74) is 1.51. The topological polar surface area (TPSA) is 71.8 Å². The third kappa shape index (κ3) is 2.31. The van der Waals surface area contributed by atoms with Crippen molar-refractivity contribution < 1.29 is 13.9 Å². The summed E-state index contributed by atoms with van der Waals surface area (Å²) in [5.74, 6) is 1.37. The number of nitrogens with zero attached hydrogens (tertiary/aromatic N) is 4. The second-order valence-corrected chi connectivity index (χ2v) is 8.16. The van der Waals surface area contributed by atoms with Gasteiger partial charge in [-0.15, -0.1) is 0 Å². The molecule has 7 nitrogen and oxygen atoms in total. The van der Waals surface area contributed by atoms with Crippen LogP contribution in [0.25, 0.3) is 5.65 Å². The summed E-state index contributed by atoms with van der Waals surface area (Å²) in [5, 5.41) is 7.15. The molecule has 3 atom stereocenters. The maximum absolute atomic E-state index is 14.3. The van der Waals surface area contributed by atoms with Gasteiger partial charge in [-0.3, -0.25) is 4.79 Å². The molecule has 2 fully saturated rings. The fourth-order valence-electron chi connectivity index (χ4n) is 4.97. The number of hydrogen-bond acceptors (Lipinski definition) is 5. The van der Waals surface area contributed by atoms with E-state index in [-0.39, 0.29) is 23.4 Å². The summed E-state index contributed by atoms with van der Waals surface area (Å²) in [4.78, 5) is 19.7. The first-order valence-electron chi connectivity index (χ1n) is 9.93. The number of rotatable bonds is 0. The highest BCUT2D eigenvalue weighted by Crippen LogP contribution is 2.65. The lowest BCUT2D eigenvalue weighted by atomic mass is 10.0. The number of anilines is 1. The van der Waals surface area contributed by atoms with Gasteiger partial charge in [0.15, 0.2) is 5.65 Å². The largest absolute Gasteiger partial charge is 0.489 e. The highest BCUT2D eigenvalue weighted by Gasteiger charge is 2.64. The third-order valence-corrected chi connectivity index (χ3v) is 6.42. The molecule has 2 bridgehead atoms. The number of ether oxygens (including phenoxy) is 1. The Labute approximate surface area is 166 Å². The molecule has 0 radical (unpaired) electrons.